The van der Waals surface area contributed by atoms with Gasteiger partial charge in [-0.15, -0.1) is 0 Å². The van der Waals surface area contributed by atoms with Crippen LogP contribution in [0.2, 0.25) is 0 Å². The third kappa shape index (κ3) is 2.13. The zero-order valence-electron chi connectivity index (χ0n) is 9.74. The van der Waals surface area contributed by atoms with Gasteiger partial charge >= 0.3 is 0 Å². The van der Waals surface area contributed by atoms with Crippen molar-refractivity contribution in [1.82, 2.24) is 14.9 Å². The molecule has 0 fully saturated rings. The third-order valence-electron chi connectivity index (χ3n) is 2.64. The Kier molecular flexibility index (Phi) is 2.85. The number of para-hydroxylation sites is 2. The van der Waals surface area contributed by atoms with Crippen LogP contribution < -0.4 is 5.32 Å². The Hall–Kier alpha value is -2.47. The summed E-state index contributed by atoms with van der Waals surface area (Å²) in [6.07, 6.45) is 3.01. The number of aromatic nitrogens is 2. The molecule has 0 aliphatic carbocycles. The van der Waals surface area contributed by atoms with Crippen molar-refractivity contribution < 1.29 is 9.21 Å². The minimum Gasteiger partial charge on any atom is -0.459 e. The Morgan fingerprint density at radius 3 is 2.89 bits per heavy atom. The predicted molar refractivity (Wildman–Crippen MR) is 73.9 cm³/mol. The van der Waals surface area contributed by atoms with E-state index in [2.05, 4.69) is 10.3 Å². The fourth-order valence-electron chi connectivity index (χ4n) is 1.75. The SMILES string of the molecule is O=C(NC(=S)n1cnc2ccccc21)c1ccco1. The number of furan rings is 1. The largest absolute Gasteiger partial charge is 0.459 e. The lowest BCUT2D eigenvalue weighted by molar-refractivity contribution is 0.0950. The fraction of sp³-hybridized carbons (Fsp3) is 0. The first kappa shape index (κ1) is 11.6. The van der Waals surface area contributed by atoms with Crippen molar-refractivity contribution in [3.8, 4) is 0 Å². The highest BCUT2D eigenvalue weighted by Gasteiger charge is 2.13. The molecule has 19 heavy (non-hydrogen) atoms. The lowest BCUT2D eigenvalue weighted by atomic mass is 10.3. The van der Waals surface area contributed by atoms with Crippen LogP contribution in [0.25, 0.3) is 11.0 Å². The molecule has 2 aromatic heterocycles. The Balaban J connectivity index is 1.86. The van der Waals surface area contributed by atoms with Gasteiger partial charge in [0.05, 0.1) is 17.3 Å². The third-order valence-corrected chi connectivity index (χ3v) is 2.94. The van der Waals surface area contributed by atoms with E-state index < -0.39 is 0 Å². The topological polar surface area (TPSA) is 60.1 Å². The average Bonchev–Trinajstić information content (AvgIpc) is 3.08. The predicted octanol–water partition coefficient (Wildman–Crippen LogP) is 2.19. The molecule has 1 N–H and O–H groups in total. The number of hydrogen-bond donors (Lipinski definition) is 1. The zero-order valence-corrected chi connectivity index (χ0v) is 10.6. The van der Waals surface area contributed by atoms with E-state index in [-0.39, 0.29) is 16.8 Å². The number of carbonyl (C=O) groups is 1. The summed E-state index contributed by atoms with van der Waals surface area (Å²) in [4.78, 5) is 16.0. The number of rotatable bonds is 1. The quantitative estimate of drug-likeness (QED) is 0.689. The molecule has 0 aliphatic heterocycles. The van der Waals surface area contributed by atoms with Crippen LogP contribution in [0.5, 0.6) is 0 Å². The molecular formula is C13H9N3O2S. The van der Waals surface area contributed by atoms with E-state index in [1.54, 1.807) is 23.0 Å². The number of fused-ring (bicyclic) bond motifs is 1. The van der Waals surface area contributed by atoms with Crippen LogP contribution in [0, 0.1) is 0 Å². The van der Waals surface area contributed by atoms with Gasteiger partial charge in [-0.05, 0) is 36.5 Å². The molecule has 0 spiro atoms. The molecule has 0 radical (unpaired) electrons. The van der Waals surface area contributed by atoms with Crippen LogP contribution in [0.3, 0.4) is 0 Å². The van der Waals surface area contributed by atoms with Crippen LogP contribution in [-0.2, 0) is 0 Å². The summed E-state index contributed by atoms with van der Waals surface area (Å²) in [5.74, 6) is -0.167. The molecule has 1 aromatic carbocycles. The van der Waals surface area contributed by atoms with E-state index in [1.165, 1.54) is 6.26 Å². The molecule has 3 rings (SSSR count). The Morgan fingerprint density at radius 2 is 2.11 bits per heavy atom. The van der Waals surface area contributed by atoms with Crippen LogP contribution in [0.4, 0.5) is 0 Å². The van der Waals surface area contributed by atoms with E-state index in [1.807, 2.05) is 24.3 Å². The van der Waals surface area contributed by atoms with Gasteiger partial charge < -0.3 is 4.42 Å². The summed E-state index contributed by atoms with van der Waals surface area (Å²) in [6, 6.07) is 10.8. The minimum atomic E-state index is -0.382. The van der Waals surface area contributed by atoms with Gasteiger partial charge in [-0.25, -0.2) is 4.98 Å². The van der Waals surface area contributed by atoms with E-state index >= 15 is 0 Å². The lowest BCUT2D eigenvalue weighted by Gasteiger charge is -2.06. The summed E-state index contributed by atoms with van der Waals surface area (Å²) in [6.45, 7) is 0. The number of amides is 1. The summed E-state index contributed by atoms with van der Waals surface area (Å²) in [5, 5.41) is 2.86. The summed E-state index contributed by atoms with van der Waals surface area (Å²) >= 11 is 5.20. The first-order valence-electron chi connectivity index (χ1n) is 5.57. The van der Waals surface area contributed by atoms with Crippen molar-refractivity contribution >= 4 is 34.3 Å². The van der Waals surface area contributed by atoms with Crippen LogP contribution >= 0.6 is 12.2 Å². The summed E-state index contributed by atoms with van der Waals surface area (Å²) < 4.78 is 6.65. The van der Waals surface area contributed by atoms with Crippen molar-refractivity contribution in [1.29, 1.82) is 0 Å². The molecule has 3 aromatic rings. The first-order chi connectivity index (χ1) is 9.25. The summed E-state index contributed by atoms with van der Waals surface area (Å²) in [7, 11) is 0. The molecule has 0 atom stereocenters. The maximum atomic E-state index is 11.8. The molecule has 94 valence electrons. The average molecular weight is 271 g/mol. The molecule has 1 amide bonds. The smallest absolute Gasteiger partial charge is 0.293 e. The number of carbonyl (C=O) groups excluding carboxylic acids is 1. The lowest BCUT2D eigenvalue weighted by Crippen LogP contribution is -2.33. The van der Waals surface area contributed by atoms with Crippen LogP contribution in [-0.4, -0.2) is 20.6 Å². The molecule has 2 heterocycles. The standard InChI is InChI=1S/C13H9N3O2S/c17-12(11-6-3-7-18-11)15-13(19)16-8-14-9-4-1-2-5-10(9)16/h1-8H,(H,15,17,19). The summed E-state index contributed by atoms with van der Waals surface area (Å²) in [5.41, 5.74) is 1.66. The molecule has 6 heteroatoms. The maximum absolute atomic E-state index is 11.8. The van der Waals surface area contributed by atoms with Crippen molar-refractivity contribution in [2.45, 2.75) is 0 Å². The number of hydrogen-bond acceptors (Lipinski definition) is 4. The van der Waals surface area contributed by atoms with Gasteiger partial charge in [-0.3, -0.25) is 14.7 Å². The van der Waals surface area contributed by atoms with Gasteiger partial charge in [-0.1, -0.05) is 12.1 Å². The van der Waals surface area contributed by atoms with Crippen LogP contribution in [0.1, 0.15) is 10.6 Å². The van der Waals surface area contributed by atoms with Crippen molar-refractivity contribution in [2.24, 2.45) is 0 Å². The number of benzene rings is 1. The highest BCUT2D eigenvalue weighted by atomic mass is 32.1. The van der Waals surface area contributed by atoms with Gasteiger partial charge in [0.15, 0.2) is 10.9 Å². The molecule has 5 nitrogen and oxygen atoms in total. The second kappa shape index (κ2) is 4.66. The fourth-order valence-corrected chi connectivity index (χ4v) is 1.99. The Morgan fingerprint density at radius 1 is 1.26 bits per heavy atom. The molecular weight excluding hydrogens is 262 g/mol. The van der Waals surface area contributed by atoms with Crippen LogP contribution in [0.15, 0.2) is 53.4 Å². The molecule has 0 saturated heterocycles. The monoisotopic (exact) mass is 271 g/mol. The van der Waals surface area contributed by atoms with Gasteiger partial charge in [0.2, 0.25) is 0 Å². The van der Waals surface area contributed by atoms with Gasteiger partial charge in [0.1, 0.15) is 6.33 Å². The first-order valence-corrected chi connectivity index (χ1v) is 5.98. The highest BCUT2D eigenvalue weighted by molar-refractivity contribution is 7.80. The van der Waals surface area contributed by atoms with E-state index in [9.17, 15) is 4.79 Å². The molecule has 0 unspecified atom stereocenters. The Bertz CT molecular complexity index is 746. The van der Waals surface area contributed by atoms with Crippen molar-refractivity contribution in [3.63, 3.8) is 0 Å². The molecule has 0 aliphatic rings. The van der Waals surface area contributed by atoms with E-state index in [0.717, 1.165) is 11.0 Å². The number of thiocarbonyl (C=S) groups is 1. The minimum absolute atomic E-state index is 0.215. The zero-order chi connectivity index (χ0) is 13.2. The second-order valence-corrected chi connectivity index (χ2v) is 4.23. The van der Waals surface area contributed by atoms with Crippen molar-refractivity contribution in [2.75, 3.05) is 0 Å². The normalized spacial score (nSPS) is 10.5. The number of nitrogens with one attached hydrogen (secondary N) is 1. The van der Waals surface area contributed by atoms with E-state index in [4.69, 9.17) is 16.6 Å². The van der Waals surface area contributed by atoms with Crippen molar-refractivity contribution in [3.05, 3.63) is 54.7 Å². The number of imidazole rings is 1. The molecule has 0 saturated carbocycles. The van der Waals surface area contributed by atoms with Gasteiger partial charge in [-0.2, -0.15) is 0 Å². The van der Waals surface area contributed by atoms with E-state index in [0.29, 0.717) is 0 Å². The Labute approximate surface area is 113 Å². The van der Waals surface area contributed by atoms with Gasteiger partial charge in [0.25, 0.3) is 5.91 Å². The van der Waals surface area contributed by atoms with Gasteiger partial charge in [0, 0.05) is 0 Å². The number of nitrogens with zero attached hydrogens (tertiary/aromatic N) is 2. The molecule has 0 bridgehead atoms. The highest BCUT2D eigenvalue weighted by Crippen LogP contribution is 2.11. The maximum Gasteiger partial charge on any atom is 0.293 e. The second-order valence-electron chi connectivity index (χ2n) is 3.84.